The minimum absolute atomic E-state index is 0.0415. The molecule has 0 radical (unpaired) electrons. The van der Waals surface area contributed by atoms with E-state index in [1.807, 2.05) is 12.1 Å². The molecule has 1 saturated carbocycles. The van der Waals surface area contributed by atoms with E-state index in [0.717, 1.165) is 16.6 Å². The molecule has 1 aliphatic carbocycles. The average molecular weight is 328 g/mol. The minimum Gasteiger partial charge on any atom is -0.493 e. The number of ether oxygens (including phenoxy) is 2. The van der Waals surface area contributed by atoms with Gasteiger partial charge in [-0.05, 0) is 36.5 Å². The summed E-state index contributed by atoms with van der Waals surface area (Å²) >= 11 is 3.46. The van der Waals surface area contributed by atoms with Gasteiger partial charge in [0.15, 0.2) is 11.5 Å². The Hall–Kier alpha value is -1.23. The van der Waals surface area contributed by atoms with Crippen LogP contribution in [0.25, 0.3) is 0 Å². The van der Waals surface area contributed by atoms with E-state index in [9.17, 15) is 4.79 Å². The number of halogens is 1. The van der Waals surface area contributed by atoms with Gasteiger partial charge in [-0.2, -0.15) is 0 Å². The Morgan fingerprint density at radius 1 is 1.32 bits per heavy atom. The number of methoxy groups -OCH3 is 2. The standard InChI is InChI=1S/C14H18BrNO3/c1-18-12-5-10(11(15)7-13(12)19-2)6-14(17)16-8-9-3-4-9/h5,7,9H,3-4,6,8H2,1-2H3,(H,16,17). The fraction of sp³-hybridized carbons (Fsp3) is 0.500. The molecular weight excluding hydrogens is 310 g/mol. The molecule has 19 heavy (non-hydrogen) atoms. The number of hydrogen-bond donors (Lipinski definition) is 1. The molecule has 2 rings (SSSR count). The van der Waals surface area contributed by atoms with Crippen molar-refractivity contribution in [2.45, 2.75) is 19.3 Å². The number of benzene rings is 1. The molecule has 0 spiro atoms. The van der Waals surface area contributed by atoms with Crippen LogP contribution in [-0.4, -0.2) is 26.7 Å². The van der Waals surface area contributed by atoms with Crippen molar-refractivity contribution in [3.63, 3.8) is 0 Å². The summed E-state index contributed by atoms with van der Waals surface area (Å²) in [6.45, 7) is 0.795. The number of nitrogens with one attached hydrogen (secondary N) is 1. The first-order valence-corrected chi connectivity index (χ1v) is 7.10. The number of carbonyl (C=O) groups is 1. The maximum Gasteiger partial charge on any atom is 0.224 e. The van der Waals surface area contributed by atoms with Crippen molar-refractivity contribution in [3.8, 4) is 11.5 Å². The Morgan fingerprint density at radius 2 is 1.95 bits per heavy atom. The first-order chi connectivity index (χ1) is 9.13. The average Bonchev–Trinajstić information content (AvgIpc) is 3.22. The Morgan fingerprint density at radius 3 is 2.53 bits per heavy atom. The summed E-state index contributed by atoms with van der Waals surface area (Å²) in [6, 6.07) is 3.65. The van der Waals surface area contributed by atoms with Gasteiger partial charge in [-0.25, -0.2) is 0 Å². The van der Waals surface area contributed by atoms with Crippen molar-refractivity contribution in [1.82, 2.24) is 5.32 Å². The van der Waals surface area contributed by atoms with Gasteiger partial charge in [-0.1, -0.05) is 15.9 Å². The van der Waals surface area contributed by atoms with Gasteiger partial charge in [-0.15, -0.1) is 0 Å². The first kappa shape index (κ1) is 14.2. The third-order valence-corrected chi connectivity index (χ3v) is 3.93. The van der Waals surface area contributed by atoms with Gasteiger partial charge < -0.3 is 14.8 Å². The van der Waals surface area contributed by atoms with Crippen LogP contribution in [0.5, 0.6) is 11.5 Å². The van der Waals surface area contributed by atoms with Crippen LogP contribution in [0.4, 0.5) is 0 Å². The van der Waals surface area contributed by atoms with Crippen molar-refractivity contribution in [3.05, 3.63) is 22.2 Å². The van der Waals surface area contributed by atoms with Gasteiger partial charge in [0.1, 0.15) is 0 Å². The highest BCUT2D eigenvalue weighted by molar-refractivity contribution is 9.10. The van der Waals surface area contributed by atoms with E-state index < -0.39 is 0 Å². The molecule has 1 aromatic carbocycles. The van der Waals surface area contributed by atoms with Crippen LogP contribution in [0.15, 0.2) is 16.6 Å². The van der Waals surface area contributed by atoms with Gasteiger partial charge >= 0.3 is 0 Å². The summed E-state index contributed by atoms with van der Waals surface area (Å²) in [5.74, 6) is 2.02. The lowest BCUT2D eigenvalue weighted by molar-refractivity contribution is -0.120. The minimum atomic E-state index is 0.0415. The van der Waals surface area contributed by atoms with Crippen LogP contribution in [-0.2, 0) is 11.2 Å². The highest BCUT2D eigenvalue weighted by Gasteiger charge is 2.21. The third-order valence-electron chi connectivity index (χ3n) is 3.19. The molecule has 1 aromatic rings. The largest absolute Gasteiger partial charge is 0.493 e. The maximum absolute atomic E-state index is 11.8. The molecule has 0 heterocycles. The van der Waals surface area contributed by atoms with Crippen LogP contribution >= 0.6 is 15.9 Å². The monoisotopic (exact) mass is 327 g/mol. The van der Waals surface area contributed by atoms with Crippen molar-refractivity contribution < 1.29 is 14.3 Å². The first-order valence-electron chi connectivity index (χ1n) is 6.31. The smallest absolute Gasteiger partial charge is 0.224 e. The Labute approximate surface area is 121 Å². The molecule has 0 atom stereocenters. The normalized spacial score (nSPS) is 14.1. The maximum atomic E-state index is 11.8. The Balaban J connectivity index is 2.03. The van der Waals surface area contributed by atoms with E-state index in [1.165, 1.54) is 12.8 Å². The third kappa shape index (κ3) is 3.86. The lowest BCUT2D eigenvalue weighted by Gasteiger charge is -2.12. The number of amides is 1. The van der Waals surface area contributed by atoms with Crippen molar-refractivity contribution >= 4 is 21.8 Å². The molecule has 104 valence electrons. The fourth-order valence-corrected chi connectivity index (χ4v) is 2.31. The Bertz CT molecular complexity index is 472. The van der Waals surface area contributed by atoms with E-state index in [1.54, 1.807) is 14.2 Å². The summed E-state index contributed by atoms with van der Waals surface area (Å²) < 4.78 is 11.3. The zero-order valence-corrected chi connectivity index (χ0v) is 12.7. The zero-order valence-electron chi connectivity index (χ0n) is 11.2. The van der Waals surface area contributed by atoms with Crippen molar-refractivity contribution in [2.75, 3.05) is 20.8 Å². The predicted molar refractivity (Wildman–Crippen MR) is 76.7 cm³/mol. The Kier molecular flexibility index (Phi) is 4.69. The number of rotatable bonds is 6. The van der Waals surface area contributed by atoms with Gasteiger partial charge in [-0.3, -0.25) is 4.79 Å². The van der Waals surface area contributed by atoms with Crippen molar-refractivity contribution in [2.24, 2.45) is 5.92 Å². The summed E-state index contributed by atoms with van der Waals surface area (Å²) in [6.07, 6.45) is 2.81. The molecule has 4 nitrogen and oxygen atoms in total. The number of hydrogen-bond acceptors (Lipinski definition) is 3. The quantitative estimate of drug-likeness (QED) is 0.873. The van der Waals surface area contributed by atoms with E-state index in [0.29, 0.717) is 23.8 Å². The summed E-state index contributed by atoms with van der Waals surface area (Å²) in [7, 11) is 3.18. The molecule has 0 unspecified atom stereocenters. The highest BCUT2D eigenvalue weighted by Crippen LogP contribution is 2.33. The molecule has 0 aromatic heterocycles. The topological polar surface area (TPSA) is 47.6 Å². The molecule has 1 amide bonds. The zero-order chi connectivity index (χ0) is 13.8. The predicted octanol–water partition coefficient (Wildman–Crippen LogP) is 2.54. The second-order valence-corrected chi connectivity index (χ2v) is 5.58. The molecule has 0 saturated heterocycles. The molecule has 1 fully saturated rings. The van der Waals surface area contributed by atoms with Crippen LogP contribution in [0.2, 0.25) is 0 Å². The van der Waals surface area contributed by atoms with E-state index >= 15 is 0 Å². The van der Waals surface area contributed by atoms with E-state index in [-0.39, 0.29) is 5.91 Å². The molecule has 5 heteroatoms. The van der Waals surface area contributed by atoms with Gasteiger partial charge in [0.25, 0.3) is 0 Å². The lowest BCUT2D eigenvalue weighted by Crippen LogP contribution is -2.27. The SMILES string of the molecule is COc1cc(Br)c(CC(=O)NCC2CC2)cc1OC. The van der Waals surface area contributed by atoms with Crippen LogP contribution in [0.1, 0.15) is 18.4 Å². The number of carbonyl (C=O) groups excluding carboxylic acids is 1. The second-order valence-electron chi connectivity index (χ2n) is 4.72. The van der Waals surface area contributed by atoms with Crippen molar-refractivity contribution in [1.29, 1.82) is 0 Å². The van der Waals surface area contributed by atoms with E-state index in [4.69, 9.17) is 9.47 Å². The summed E-state index contributed by atoms with van der Waals surface area (Å²) in [5.41, 5.74) is 0.894. The van der Waals surface area contributed by atoms with Crippen LogP contribution in [0, 0.1) is 5.92 Å². The highest BCUT2D eigenvalue weighted by atomic mass is 79.9. The molecular formula is C14H18BrNO3. The molecule has 1 N–H and O–H groups in total. The molecule has 1 aliphatic rings. The van der Waals surface area contributed by atoms with Crippen LogP contribution in [0.3, 0.4) is 0 Å². The van der Waals surface area contributed by atoms with Gasteiger partial charge in [0.2, 0.25) is 5.91 Å². The van der Waals surface area contributed by atoms with E-state index in [2.05, 4.69) is 21.2 Å². The summed E-state index contributed by atoms with van der Waals surface area (Å²) in [4.78, 5) is 11.8. The fourth-order valence-electron chi connectivity index (χ4n) is 1.85. The molecule has 0 aliphatic heterocycles. The van der Waals surface area contributed by atoms with Gasteiger partial charge in [0.05, 0.1) is 20.6 Å². The van der Waals surface area contributed by atoms with Gasteiger partial charge in [0, 0.05) is 11.0 Å². The van der Waals surface area contributed by atoms with Crippen LogP contribution < -0.4 is 14.8 Å². The molecule has 0 bridgehead atoms. The second kappa shape index (κ2) is 6.28. The lowest BCUT2D eigenvalue weighted by atomic mass is 10.1. The summed E-state index contributed by atoms with van der Waals surface area (Å²) in [5, 5.41) is 2.95.